The molecule has 5 heteroatoms. The quantitative estimate of drug-likeness (QED) is 0.847. The van der Waals surface area contributed by atoms with Crippen LogP contribution in [0.5, 0.6) is 0 Å². The molecule has 1 atom stereocenters. The van der Waals surface area contributed by atoms with E-state index in [2.05, 4.69) is 10.1 Å². The summed E-state index contributed by atoms with van der Waals surface area (Å²) in [6.45, 7) is 4.24. The van der Waals surface area contributed by atoms with Crippen LogP contribution in [0.2, 0.25) is 0 Å². The molecule has 5 nitrogen and oxygen atoms in total. The second-order valence-electron chi connectivity index (χ2n) is 7.88. The van der Waals surface area contributed by atoms with Gasteiger partial charge in [-0.3, -0.25) is 4.79 Å². The fraction of sp³-hybridized carbons (Fsp3) is 0.889. The van der Waals surface area contributed by atoms with Gasteiger partial charge in [-0.1, -0.05) is 32.6 Å². The highest BCUT2D eigenvalue weighted by Gasteiger charge is 2.55. The number of nitrogens with one attached hydrogen (secondary N) is 1. The van der Waals surface area contributed by atoms with Gasteiger partial charge in [-0.05, 0) is 31.1 Å². The third-order valence-electron chi connectivity index (χ3n) is 6.34. The molecule has 3 rings (SSSR count). The Balaban J connectivity index is 1.41. The molecule has 2 saturated carbocycles. The van der Waals surface area contributed by atoms with E-state index in [0.29, 0.717) is 12.0 Å². The normalized spacial score (nSPS) is 24.9. The van der Waals surface area contributed by atoms with Gasteiger partial charge in [-0.25, -0.2) is 4.79 Å². The van der Waals surface area contributed by atoms with E-state index in [9.17, 15) is 9.59 Å². The van der Waals surface area contributed by atoms with Gasteiger partial charge >= 0.3 is 6.09 Å². The highest BCUT2D eigenvalue weighted by atomic mass is 16.5. The number of amides is 2. The van der Waals surface area contributed by atoms with Crippen molar-refractivity contribution < 1.29 is 14.3 Å². The molecule has 1 aliphatic heterocycles. The number of ether oxygens (including phenoxy) is 1. The average Bonchev–Trinajstić information content (AvgIpc) is 2.98. The first kappa shape index (κ1) is 16.6. The molecule has 1 N–H and O–H groups in total. The van der Waals surface area contributed by atoms with Crippen molar-refractivity contribution in [2.24, 2.45) is 23.2 Å². The van der Waals surface area contributed by atoms with Crippen LogP contribution in [0.15, 0.2) is 0 Å². The topological polar surface area (TPSA) is 58.6 Å². The smallest absolute Gasteiger partial charge is 0.406 e. The third-order valence-corrected chi connectivity index (χ3v) is 6.34. The van der Waals surface area contributed by atoms with Gasteiger partial charge < -0.3 is 15.0 Å². The van der Waals surface area contributed by atoms with Crippen molar-refractivity contribution >= 4 is 12.0 Å². The minimum absolute atomic E-state index is 0.128. The van der Waals surface area contributed by atoms with E-state index in [4.69, 9.17) is 0 Å². The van der Waals surface area contributed by atoms with Crippen molar-refractivity contribution in [2.45, 2.75) is 51.9 Å². The van der Waals surface area contributed by atoms with E-state index in [-0.39, 0.29) is 11.8 Å². The Bertz CT molecular complexity index is 445. The molecule has 2 aliphatic carbocycles. The first-order chi connectivity index (χ1) is 11.1. The fourth-order valence-electron chi connectivity index (χ4n) is 4.94. The summed E-state index contributed by atoms with van der Waals surface area (Å²) < 4.78 is 4.57. The predicted molar refractivity (Wildman–Crippen MR) is 87.9 cm³/mol. The minimum Gasteiger partial charge on any atom is -0.453 e. The number of rotatable bonds is 5. The second-order valence-corrected chi connectivity index (χ2v) is 7.88. The number of hydrogen-bond donors (Lipinski definition) is 1. The molecule has 3 fully saturated rings. The monoisotopic (exact) mass is 322 g/mol. The number of alkyl carbamates (subject to hydrolysis) is 1. The summed E-state index contributed by atoms with van der Waals surface area (Å²) in [5.74, 6) is 1.96. The van der Waals surface area contributed by atoms with Crippen LogP contribution in [-0.4, -0.2) is 43.6 Å². The Kier molecular flexibility index (Phi) is 4.83. The minimum atomic E-state index is -0.463. The number of hydrogen-bond acceptors (Lipinski definition) is 3. The van der Waals surface area contributed by atoms with Crippen molar-refractivity contribution in [2.75, 3.05) is 26.7 Å². The zero-order chi connectivity index (χ0) is 16.4. The van der Waals surface area contributed by atoms with Gasteiger partial charge in [-0.2, -0.15) is 0 Å². The molecule has 1 heterocycles. The van der Waals surface area contributed by atoms with Gasteiger partial charge in [0.15, 0.2) is 0 Å². The van der Waals surface area contributed by atoms with Crippen molar-refractivity contribution in [1.82, 2.24) is 10.2 Å². The lowest BCUT2D eigenvalue weighted by Crippen LogP contribution is -2.65. The van der Waals surface area contributed by atoms with Gasteiger partial charge in [0.2, 0.25) is 5.91 Å². The van der Waals surface area contributed by atoms with Crippen molar-refractivity contribution in [1.29, 1.82) is 0 Å². The van der Waals surface area contributed by atoms with Crippen LogP contribution in [0, 0.1) is 23.2 Å². The lowest BCUT2D eigenvalue weighted by atomic mass is 9.54. The SMILES string of the molecule is CCC(CNC(=O)OC)C(=O)N1CC2(CC(C3CCCC3)C2)C1. The van der Waals surface area contributed by atoms with E-state index in [1.165, 1.54) is 45.6 Å². The molecule has 130 valence electrons. The van der Waals surface area contributed by atoms with E-state index in [0.717, 1.165) is 31.3 Å². The van der Waals surface area contributed by atoms with Crippen LogP contribution < -0.4 is 5.32 Å². The Morgan fingerprint density at radius 1 is 1.22 bits per heavy atom. The molecule has 0 radical (unpaired) electrons. The first-order valence-corrected chi connectivity index (χ1v) is 9.17. The zero-order valence-electron chi connectivity index (χ0n) is 14.5. The van der Waals surface area contributed by atoms with Gasteiger partial charge in [0.25, 0.3) is 0 Å². The van der Waals surface area contributed by atoms with Crippen LogP contribution in [0.3, 0.4) is 0 Å². The summed E-state index contributed by atoms with van der Waals surface area (Å²) in [4.78, 5) is 25.7. The van der Waals surface area contributed by atoms with Gasteiger partial charge in [-0.15, -0.1) is 0 Å². The maximum atomic E-state index is 12.6. The number of nitrogens with zero attached hydrogens (tertiary/aromatic N) is 1. The van der Waals surface area contributed by atoms with Gasteiger partial charge in [0.05, 0.1) is 13.0 Å². The molecular formula is C18H30N2O3. The van der Waals surface area contributed by atoms with E-state index in [1.807, 2.05) is 11.8 Å². The lowest BCUT2D eigenvalue weighted by Gasteiger charge is -2.61. The van der Waals surface area contributed by atoms with Crippen molar-refractivity contribution in [3.8, 4) is 0 Å². The molecule has 1 saturated heterocycles. The molecular weight excluding hydrogens is 292 g/mol. The molecule has 2 amide bonds. The zero-order valence-corrected chi connectivity index (χ0v) is 14.5. The Morgan fingerprint density at radius 2 is 1.87 bits per heavy atom. The van der Waals surface area contributed by atoms with E-state index < -0.39 is 6.09 Å². The highest BCUT2D eigenvalue weighted by Crippen LogP contribution is 2.56. The predicted octanol–water partition coefficient (Wildman–Crippen LogP) is 2.80. The highest BCUT2D eigenvalue weighted by molar-refractivity contribution is 5.80. The maximum absolute atomic E-state index is 12.6. The Labute approximate surface area is 139 Å². The van der Waals surface area contributed by atoms with Crippen LogP contribution in [0.4, 0.5) is 4.79 Å². The largest absolute Gasteiger partial charge is 0.453 e. The number of methoxy groups -OCH3 is 1. The molecule has 1 spiro atoms. The summed E-state index contributed by atoms with van der Waals surface area (Å²) in [6, 6.07) is 0. The molecule has 0 aromatic rings. The summed E-state index contributed by atoms with van der Waals surface area (Å²) in [7, 11) is 1.34. The average molecular weight is 322 g/mol. The van der Waals surface area contributed by atoms with Crippen molar-refractivity contribution in [3.63, 3.8) is 0 Å². The van der Waals surface area contributed by atoms with E-state index in [1.54, 1.807) is 0 Å². The van der Waals surface area contributed by atoms with Crippen LogP contribution in [0.1, 0.15) is 51.9 Å². The van der Waals surface area contributed by atoms with E-state index >= 15 is 0 Å². The maximum Gasteiger partial charge on any atom is 0.406 e. The number of carbonyl (C=O) groups excluding carboxylic acids is 2. The Hall–Kier alpha value is -1.26. The van der Waals surface area contributed by atoms with Crippen LogP contribution in [-0.2, 0) is 9.53 Å². The van der Waals surface area contributed by atoms with Crippen LogP contribution >= 0.6 is 0 Å². The van der Waals surface area contributed by atoms with Gasteiger partial charge in [0.1, 0.15) is 0 Å². The lowest BCUT2D eigenvalue weighted by molar-refractivity contribution is -0.162. The summed E-state index contributed by atoms with van der Waals surface area (Å²) in [5, 5.41) is 2.65. The summed E-state index contributed by atoms with van der Waals surface area (Å²) in [5.41, 5.74) is 0.441. The second kappa shape index (κ2) is 6.70. The molecule has 1 unspecified atom stereocenters. The number of likely N-dealkylation sites (tertiary alicyclic amines) is 1. The molecule has 0 bridgehead atoms. The molecule has 23 heavy (non-hydrogen) atoms. The molecule has 0 aromatic carbocycles. The third kappa shape index (κ3) is 3.33. The van der Waals surface area contributed by atoms with Gasteiger partial charge in [0, 0.05) is 25.0 Å². The fourth-order valence-corrected chi connectivity index (χ4v) is 4.94. The summed E-state index contributed by atoms with van der Waals surface area (Å²) >= 11 is 0. The van der Waals surface area contributed by atoms with Crippen molar-refractivity contribution in [3.05, 3.63) is 0 Å². The molecule has 0 aromatic heterocycles. The number of carbonyl (C=O) groups is 2. The standard InChI is InChI=1S/C18H30N2O3/c1-3-13(10-19-17(22)23-2)16(21)20-11-18(12-20)8-15(9-18)14-6-4-5-7-14/h13-15H,3-12H2,1-2H3,(H,19,22). The first-order valence-electron chi connectivity index (χ1n) is 9.17. The summed E-state index contributed by atoms with van der Waals surface area (Å²) in [6.07, 6.45) is 8.65. The van der Waals surface area contributed by atoms with Crippen LogP contribution in [0.25, 0.3) is 0 Å². The Morgan fingerprint density at radius 3 is 2.43 bits per heavy atom. The molecule has 3 aliphatic rings.